The molecule has 2 atom stereocenters. The molecule has 0 radical (unpaired) electrons. The van der Waals surface area contributed by atoms with Crippen molar-refractivity contribution in [2.45, 2.75) is 39.4 Å². The van der Waals surface area contributed by atoms with Crippen molar-refractivity contribution in [1.82, 2.24) is 5.32 Å². The lowest BCUT2D eigenvalue weighted by Crippen LogP contribution is -2.38. The standard InChI is InChI=1S/C7H17NO3.C2H6/c1-2-3-8-4-6(10)7(11)5-9;1-2/h6-11H,2-5H2,1H3;1-2H3. The van der Waals surface area contributed by atoms with Crippen molar-refractivity contribution in [2.75, 3.05) is 19.7 Å². The van der Waals surface area contributed by atoms with Crippen LogP contribution in [0.1, 0.15) is 27.2 Å². The Morgan fingerprint density at radius 2 is 1.69 bits per heavy atom. The minimum Gasteiger partial charge on any atom is -0.394 e. The molecular weight excluding hydrogens is 170 g/mol. The van der Waals surface area contributed by atoms with E-state index in [0.29, 0.717) is 6.54 Å². The van der Waals surface area contributed by atoms with Gasteiger partial charge in [-0.05, 0) is 13.0 Å². The summed E-state index contributed by atoms with van der Waals surface area (Å²) in [6.07, 6.45) is -0.909. The highest BCUT2D eigenvalue weighted by Crippen LogP contribution is 1.89. The van der Waals surface area contributed by atoms with Crippen LogP contribution in [0.5, 0.6) is 0 Å². The van der Waals surface area contributed by atoms with Gasteiger partial charge in [-0.2, -0.15) is 0 Å². The molecule has 0 saturated carbocycles. The van der Waals surface area contributed by atoms with Crippen LogP contribution in [0, 0.1) is 0 Å². The molecule has 0 spiro atoms. The van der Waals surface area contributed by atoms with Crippen molar-refractivity contribution in [3.05, 3.63) is 0 Å². The Balaban J connectivity index is 0. The van der Waals surface area contributed by atoms with Gasteiger partial charge < -0.3 is 20.6 Å². The molecule has 0 aliphatic rings. The summed E-state index contributed by atoms with van der Waals surface area (Å²) in [6.45, 7) is 6.77. The maximum Gasteiger partial charge on any atom is 0.104 e. The van der Waals surface area contributed by atoms with Crippen LogP contribution in [0.15, 0.2) is 0 Å². The van der Waals surface area contributed by atoms with Gasteiger partial charge in [0.1, 0.15) is 6.10 Å². The second-order valence-electron chi connectivity index (χ2n) is 2.52. The highest BCUT2D eigenvalue weighted by Gasteiger charge is 2.13. The smallest absolute Gasteiger partial charge is 0.104 e. The van der Waals surface area contributed by atoms with E-state index < -0.39 is 18.8 Å². The van der Waals surface area contributed by atoms with Gasteiger partial charge >= 0.3 is 0 Å². The molecule has 0 rings (SSSR count). The summed E-state index contributed by atoms with van der Waals surface area (Å²) in [4.78, 5) is 0. The van der Waals surface area contributed by atoms with Crippen molar-refractivity contribution in [3.63, 3.8) is 0 Å². The summed E-state index contributed by atoms with van der Waals surface area (Å²) in [7, 11) is 0. The molecule has 0 saturated heterocycles. The van der Waals surface area contributed by atoms with Crippen LogP contribution in [-0.2, 0) is 0 Å². The lowest BCUT2D eigenvalue weighted by Gasteiger charge is -2.15. The molecule has 0 fully saturated rings. The summed E-state index contributed by atoms with van der Waals surface area (Å²) >= 11 is 0. The van der Waals surface area contributed by atoms with Gasteiger partial charge in [-0.25, -0.2) is 0 Å². The second-order valence-corrected chi connectivity index (χ2v) is 2.52. The van der Waals surface area contributed by atoms with E-state index in [2.05, 4.69) is 5.32 Å². The van der Waals surface area contributed by atoms with E-state index in [4.69, 9.17) is 15.3 Å². The quantitative estimate of drug-likeness (QED) is 0.438. The topological polar surface area (TPSA) is 72.7 Å². The molecule has 13 heavy (non-hydrogen) atoms. The molecule has 0 aromatic heterocycles. The van der Waals surface area contributed by atoms with Gasteiger partial charge in [0, 0.05) is 6.54 Å². The van der Waals surface area contributed by atoms with Crippen molar-refractivity contribution < 1.29 is 15.3 Å². The minimum atomic E-state index is -1.03. The van der Waals surface area contributed by atoms with E-state index in [9.17, 15) is 0 Å². The third-order valence-electron chi connectivity index (χ3n) is 1.41. The number of rotatable bonds is 6. The predicted molar refractivity (Wildman–Crippen MR) is 53.6 cm³/mol. The van der Waals surface area contributed by atoms with Gasteiger partial charge in [-0.15, -0.1) is 0 Å². The molecule has 0 aliphatic heterocycles. The lowest BCUT2D eigenvalue weighted by atomic mass is 10.2. The number of aliphatic hydroxyl groups is 3. The van der Waals surface area contributed by atoms with Crippen molar-refractivity contribution >= 4 is 0 Å². The number of aliphatic hydroxyl groups excluding tert-OH is 3. The Morgan fingerprint density at radius 3 is 2.08 bits per heavy atom. The minimum absolute atomic E-state index is 0.329. The number of hydrogen-bond donors (Lipinski definition) is 4. The molecule has 0 heterocycles. The normalized spacial score (nSPS) is 14.3. The Morgan fingerprint density at radius 1 is 1.15 bits per heavy atom. The monoisotopic (exact) mass is 193 g/mol. The molecule has 0 aliphatic carbocycles. The Bertz CT molecular complexity index is 90.9. The van der Waals surface area contributed by atoms with Crippen LogP contribution >= 0.6 is 0 Å². The van der Waals surface area contributed by atoms with Crippen molar-refractivity contribution in [2.24, 2.45) is 0 Å². The molecule has 4 heteroatoms. The highest BCUT2D eigenvalue weighted by molar-refractivity contribution is 4.67. The fourth-order valence-corrected chi connectivity index (χ4v) is 0.684. The maximum atomic E-state index is 9.07. The van der Waals surface area contributed by atoms with E-state index >= 15 is 0 Å². The predicted octanol–water partition coefficient (Wildman–Crippen LogP) is -0.274. The molecule has 2 unspecified atom stereocenters. The average Bonchev–Trinajstić information content (AvgIpc) is 2.20. The summed E-state index contributed by atoms with van der Waals surface area (Å²) in [5.74, 6) is 0. The van der Waals surface area contributed by atoms with Crippen LogP contribution in [-0.4, -0.2) is 47.2 Å². The number of nitrogens with one attached hydrogen (secondary N) is 1. The summed E-state index contributed by atoms with van der Waals surface area (Å²) in [6, 6.07) is 0. The zero-order valence-electron chi connectivity index (χ0n) is 8.82. The van der Waals surface area contributed by atoms with Crippen LogP contribution < -0.4 is 5.32 Å². The van der Waals surface area contributed by atoms with Gasteiger partial charge in [-0.1, -0.05) is 20.8 Å². The molecule has 4 N–H and O–H groups in total. The maximum absolute atomic E-state index is 9.07. The third kappa shape index (κ3) is 9.76. The van der Waals surface area contributed by atoms with Crippen LogP contribution in [0.25, 0.3) is 0 Å². The van der Waals surface area contributed by atoms with Crippen molar-refractivity contribution in [3.8, 4) is 0 Å². The SMILES string of the molecule is CC.CCCNCC(O)C(O)CO. The summed E-state index contributed by atoms with van der Waals surface area (Å²) < 4.78 is 0. The van der Waals surface area contributed by atoms with Gasteiger partial charge in [0.25, 0.3) is 0 Å². The lowest BCUT2D eigenvalue weighted by molar-refractivity contribution is -0.0127. The van der Waals surface area contributed by atoms with Crippen LogP contribution in [0.2, 0.25) is 0 Å². The molecule has 0 bridgehead atoms. The second kappa shape index (κ2) is 11.8. The number of hydrogen-bond acceptors (Lipinski definition) is 4. The fourth-order valence-electron chi connectivity index (χ4n) is 0.684. The summed E-state index contributed by atoms with van der Waals surface area (Å²) in [5, 5.41) is 29.3. The Labute approximate surface area is 80.6 Å². The Hall–Kier alpha value is -0.160. The van der Waals surface area contributed by atoms with E-state index in [1.54, 1.807) is 0 Å². The molecule has 0 amide bonds. The Kier molecular flexibility index (Phi) is 14.0. The highest BCUT2D eigenvalue weighted by atomic mass is 16.4. The van der Waals surface area contributed by atoms with Crippen molar-refractivity contribution in [1.29, 1.82) is 0 Å². The van der Waals surface area contributed by atoms with E-state index in [1.165, 1.54) is 0 Å². The van der Waals surface area contributed by atoms with Crippen LogP contribution in [0.4, 0.5) is 0 Å². The van der Waals surface area contributed by atoms with Gasteiger partial charge in [0.05, 0.1) is 12.7 Å². The first-order valence-corrected chi connectivity index (χ1v) is 4.90. The molecule has 4 nitrogen and oxygen atoms in total. The zero-order valence-corrected chi connectivity index (χ0v) is 8.82. The van der Waals surface area contributed by atoms with Gasteiger partial charge in [0.2, 0.25) is 0 Å². The molecular formula is C9H23NO3. The fraction of sp³-hybridized carbons (Fsp3) is 1.00. The van der Waals surface area contributed by atoms with E-state index in [1.807, 2.05) is 20.8 Å². The third-order valence-corrected chi connectivity index (χ3v) is 1.41. The van der Waals surface area contributed by atoms with E-state index in [0.717, 1.165) is 13.0 Å². The largest absolute Gasteiger partial charge is 0.394 e. The van der Waals surface area contributed by atoms with Gasteiger partial charge in [0.15, 0.2) is 0 Å². The molecule has 82 valence electrons. The first-order valence-electron chi connectivity index (χ1n) is 4.90. The van der Waals surface area contributed by atoms with Gasteiger partial charge in [-0.3, -0.25) is 0 Å². The molecule has 0 aromatic rings. The van der Waals surface area contributed by atoms with Crippen LogP contribution in [0.3, 0.4) is 0 Å². The first kappa shape index (κ1) is 15.3. The summed E-state index contributed by atoms with van der Waals surface area (Å²) in [5.41, 5.74) is 0. The zero-order chi connectivity index (χ0) is 10.7. The van der Waals surface area contributed by atoms with E-state index in [-0.39, 0.29) is 0 Å². The molecule has 0 aromatic carbocycles. The first-order chi connectivity index (χ1) is 6.22. The average molecular weight is 193 g/mol.